The van der Waals surface area contributed by atoms with Gasteiger partial charge in [-0.2, -0.15) is 0 Å². The normalized spacial score (nSPS) is 10.0. The van der Waals surface area contributed by atoms with Crippen molar-refractivity contribution in [3.05, 3.63) is 40.7 Å². The maximum Gasteiger partial charge on any atom is 0.310 e. The first kappa shape index (κ1) is 16.0. The van der Waals surface area contributed by atoms with Crippen molar-refractivity contribution in [1.29, 1.82) is 0 Å². The molecule has 0 radical (unpaired) electrons. The van der Waals surface area contributed by atoms with E-state index in [1.54, 1.807) is 6.92 Å². The molecule has 0 saturated carbocycles. The molecule has 0 spiro atoms. The van der Waals surface area contributed by atoms with Gasteiger partial charge in [0, 0.05) is 18.1 Å². The maximum atomic E-state index is 13.4. The number of esters is 1. The van der Waals surface area contributed by atoms with Crippen molar-refractivity contribution in [3.63, 3.8) is 0 Å². The minimum atomic E-state index is -1.31. The quantitative estimate of drug-likeness (QED) is 0.459. The van der Waals surface area contributed by atoms with E-state index < -0.39 is 23.4 Å². The molecule has 20 heavy (non-hydrogen) atoms. The Bertz CT molecular complexity index is 549. The first-order valence-corrected chi connectivity index (χ1v) is 5.99. The molecule has 0 unspecified atom stereocenters. The molecule has 0 amide bonds. The van der Waals surface area contributed by atoms with Gasteiger partial charge in [-0.1, -0.05) is 6.92 Å². The van der Waals surface area contributed by atoms with Crippen molar-refractivity contribution in [1.82, 2.24) is 0 Å². The number of rotatable bonds is 6. The zero-order valence-corrected chi connectivity index (χ0v) is 10.8. The maximum absolute atomic E-state index is 13.4. The smallest absolute Gasteiger partial charge is 0.310 e. The Morgan fingerprint density at radius 2 is 1.85 bits per heavy atom. The minimum Gasteiger partial charge on any atom is -0.465 e. The Morgan fingerprint density at radius 3 is 2.45 bits per heavy atom. The Labute approximate surface area is 114 Å². The zero-order chi connectivity index (χ0) is 15.1. The lowest BCUT2D eigenvalue weighted by molar-refractivity contribution is -0.142. The van der Waals surface area contributed by atoms with Gasteiger partial charge in [0.15, 0.2) is 11.6 Å². The number of halogens is 3. The summed E-state index contributed by atoms with van der Waals surface area (Å²) in [6, 6.07) is 1.04. The van der Waals surface area contributed by atoms with Crippen LogP contribution in [0.3, 0.4) is 0 Å². The van der Waals surface area contributed by atoms with E-state index in [4.69, 9.17) is 4.74 Å². The van der Waals surface area contributed by atoms with Crippen LogP contribution in [0.15, 0.2) is 17.7 Å². The average molecular weight is 286 g/mol. The average Bonchev–Trinajstić information content (AvgIpc) is 2.41. The number of hydrogen-bond donors (Lipinski definition) is 0. The summed E-state index contributed by atoms with van der Waals surface area (Å²) in [6.07, 6.45) is -0.0562. The van der Waals surface area contributed by atoms with E-state index in [9.17, 15) is 22.8 Å². The lowest BCUT2D eigenvalue weighted by Gasteiger charge is -2.06. The lowest BCUT2D eigenvalue weighted by Crippen LogP contribution is -2.08. The third kappa shape index (κ3) is 4.55. The van der Waals surface area contributed by atoms with E-state index in [0.29, 0.717) is 18.6 Å². The van der Waals surface area contributed by atoms with E-state index in [0.717, 1.165) is 0 Å². The van der Waals surface area contributed by atoms with Crippen LogP contribution in [-0.4, -0.2) is 18.5 Å². The van der Waals surface area contributed by atoms with Gasteiger partial charge in [0.2, 0.25) is 0 Å². The van der Waals surface area contributed by atoms with Gasteiger partial charge in [0.1, 0.15) is 11.8 Å². The molecule has 1 aromatic rings. The second-order valence-electron chi connectivity index (χ2n) is 4.14. The highest BCUT2D eigenvalue weighted by Gasteiger charge is 2.14. The molecule has 0 saturated heterocycles. The predicted molar refractivity (Wildman–Crippen MR) is 65.1 cm³/mol. The molecule has 0 bridgehead atoms. The number of carbonyl (C=O) groups is 1. The number of benzene rings is 1. The second-order valence-corrected chi connectivity index (χ2v) is 4.14. The molecule has 0 N–H and O–H groups in total. The lowest BCUT2D eigenvalue weighted by atomic mass is 10.0. The van der Waals surface area contributed by atoms with E-state index >= 15 is 0 Å². The van der Waals surface area contributed by atoms with Crippen molar-refractivity contribution >= 4 is 11.9 Å². The highest BCUT2D eigenvalue weighted by molar-refractivity contribution is 5.76. The molecule has 3 nitrogen and oxygen atoms in total. The van der Waals surface area contributed by atoms with Crippen LogP contribution < -0.4 is 0 Å². The first-order valence-electron chi connectivity index (χ1n) is 5.99. The Balaban J connectivity index is 2.77. The molecule has 6 heteroatoms. The van der Waals surface area contributed by atoms with Gasteiger partial charge < -0.3 is 4.74 Å². The molecule has 0 aliphatic carbocycles. The largest absolute Gasteiger partial charge is 0.465 e. The fraction of sp³-hybridized carbons (Fsp3) is 0.357. The van der Waals surface area contributed by atoms with E-state index in [1.807, 2.05) is 0 Å². The topological polar surface area (TPSA) is 43.4 Å². The molecular formula is C14H13F3O3. The zero-order valence-electron chi connectivity index (χ0n) is 10.8. The molecule has 0 aliphatic heterocycles. The van der Waals surface area contributed by atoms with Crippen LogP contribution in [0.1, 0.15) is 25.3 Å². The van der Waals surface area contributed by atoms with Gasteiger partial charge in [-0.15, -0.1) is 0 Å². The van der Waals surface area contributed by atoms with Crippen LogP contribution in [0.4, 0.5) is 13.2 Å². The molecule has 1 rings (SSSR count). The summed E-state index contributed by atoms with van der Waals surface area (Å²) in [5.41, 5.74) is -0.304. The van der Waals surface area contributed by atoms with Gasteiger partial charge in [-0.25, -0.2) is 18.0 Å². The Morgan fingerprint density at radius 1 is 1.20 bits per heavy atom. The van der Waals surface area contributed by atoms with Crippen molar-refractivity contribution < 1.29 is 27.5 Å². The van der Waals surface area contributed by atoms with Gasteiger partial charge >= 0.3 is 5.97 Å². The van der Waals surface area contributed by atoms with Crippen molar-refractivity contribution in [2.75, 3.05) is 6.61 Å². The third-order valence-corrected chi connectivity index (χ3v) is 2.46. The third-order valence-electron chi connectivity index (χ3n) is 2.46. The molecule has 1 aromatic carbocycles. The van der Waals surface area contributed by atoms with Crippen molar-refractivity contribution in [2.45, 2.75) is 26.2 Å². The molecular weight excluding hydrogens is 273 g/mol. The van der Waals surface area contributed by atoms with Crippen molar-refractivity contribution in [3.8, 4) is 0 Å². The monoisotopic (exact) mass is 286 g/mol. The van der Waals surface area contributed by atoms with Gasteiger partial charge in [-0.05, 0) is 18.1 Å². The molecule has 0 heterocycles. The SMILES string of the molecule is CCCOC(=O)CC(=C=O)Cc1cc(F)c(F)cc1F. The van der Waals surface area contributed by atoms with Gasteiger partial charge in [-0.3, -0.25) is 4.79 Å². The second kappa shape index (κ2) is 7.50. The summed E-state index contributed by atoms with van der Waals surface area (Å²) in [5.74, 6) is -2.67. The van der Waals surface area contributed by atoms with Crippen LogP contribution >= 0.6 is 0 Å². The fourth-order valence-electron chi connectivity index (χ4n) is 1.50. The van der Waals surface area contributed by atoms with Crippen LogP contribution in [0.2, 0.25) is 0 Å². The predicted octanol–water partition coefficient (Wildman–Crippen LogP) is 2.75. The van der Waals surface area contributed by atoms with Crippen LogP contribution in [-0.2, 0) is 20.7 Å². The fourth-order valence-corrected chi connectivity index (χ4v) is 1.50. The summed E-state index contributed by atoms with van der Waals surface area (Å²) < 4.78 is 43.9. The first-order chi connectivity index (χ1) is 9.47. The summed E-state index contributed by atoms with van der Waals surface area (Å²) >= 11 is 0. The van der Waals surface area contributed by atoms with Gasteiger partial charge in [0.25, 0.3) is 0 Å². The Kier molecular flexibility index (Phi) is 6.00. The molecule has 0 aliphatic rings. The Hall–Kier alpha value is -2.07. The summed E-state index contributed by atoms with van der Waals surface area (Å²) in [7, 11) is 0. The summed E-state index contributed by atoms with van der Waals surface area (Å²) in [4.78, 5) is 22.0. The summed E-state index contributed by atoms with van der Waals surface area (Å²) in [6.45, 7) is 2.02. The number of ether oxygens (including phenoxy) is 1. The number of carbonyl (C=O) groups excluding carboxylic acids is 2. The number of hydrogen-bond acceptors (Lipinski definition) is 3. The molecule has 0 aromatic heterocycles. The standard InChI is InChI=1S/C14H13F3O3/c1-2-3-20-14(19)5-9(8-18)4-10-6-12(16)13(17)7-11(10)15/h6-7H,2-5H2,1H3. The van der Waals surface area contributed by atoms with E-state index in [-0.39, 0.29) is 30.6 Å². The van der Waals surface area contributed by atoms with Crippen molar-refractivity contribution in [2.24, 2.45) is 0 Å². The van der Waals surface area contributed by atoms with Crippen LogP contribution in [0, 0.1) is 17.5 Å². The highest BCUT2D eigenvalue weighted by atomic mass is 19.2. The highest BCUT2D eigenvalue weighted by Crippen LogP contribution is 2.17. The summed E-state index contributed by atoms with van der Waals surface area (Å²) in [5, 5.41) is 0. The minimum absolute atomic E-state index is 0.0870. The van der Waals surface area contributed by atoms with Crippen LogP contribution in [0.25, 0.3) is 0 Å². The van der Waals surface area contributed by atoms with Crippen LogP contribution in [0.5, 0.6) is 0 Å². The van der Waals surface area contributed by atoms with Gasteiger partial charge in [0.05, 0.1) is 13.0 Å². The molecule has 108 valence electrons. The molecule has 0 atom stereocenters. The van der Waals surface area contributed by atoms with E-state index in [2.05, 4.69) is 0 Å². The molecule has 0 fully saturated rings. The van der Waals surface area contributed by atoms with E-state index in [1.165, 1.54) is 5.94 Å².